The molecule has 0 aliphatic carbocycles. The number of hydrogen-bond donors (Lipinski definition) is 1. The molecule has 0 aliphatic rings. The maximum Gasteiger partial charge on any atom is 0.355 e. The normalized spacial score (nSPS) is 11.3. The van der Waals surface area contributed by atoms with Gasteiger partial charge in [0.25, 0.3) is 0 Å². The first-order valence-electron chi connectivity index (χ1n) is 5.63. The molecule has 20 heavy (non-hydrogen) atoms. The zero-order chi connectivity index (χ0) is 15.0. The molecule has 0 aliphatic heterocycles. The smallest absolute Gasteiger partial charge is 0.355 e. The Balaban J connectivity index is 2.52. The van der Waals surface area contributed by atoms with Crippen molar-refractivity contribution in [2.45, 2.75) is 30.2 Å². The minimum atomic E-state index is -1.04. The van der Waals surface area contributed by atoms with Crippen molar-refractivity contribution in [2.75, 3.05) is 0 Å². The van der Waals surface area contributed by atoms with E-state index in [1.54, 1.807) is 18.7 Å². The van der Waals surface area contributed by atoms with Crippen molar-refractivity contribution in [3.8, 4) is 5.13 Å². The number of hydrogen-bond acceptors (Lipinski definition) is 5. The second kappa shape index (κ2) is 6.17. The fourth-order valence-electron chi connectivity index (χ4n) is 1.49. The van der Waals surface area contributed by atoms with Gasteiger partial charge in [0.15, 0.2) is 5.69 Å². The molecule has 5 nitrogen and oxygen atoms in total. The Bertz CT molecular complexity index is 667. The van der Waals surface area contributed by atoms with E-state index in [2.05, 4.69) is 55.8 Å². The third-order valence-corrected chi connectivity index (χ3v) is 6.55. The Hall–Kier alpha value is -0.380. The first kappa shape index (κ1) is 16.0. The molecule has 2 heterocycles. The number of carboxylic acid groups (broad SMARTS) is 1. The van der Waals surface area contributed by atoms with Crippen molar-refractivity contribution < 1.29 is 9.90 Å². The highest BCUT2D eigenvalue weighted by Gasteiger charge is 2.23. The fourth-order valence-corrected chi connectivity index (χ4v) is 4.93. The van der Waals surface area contributed by atoms with Crippen molar-refractivity contribution >= 4 is 60.9 Å². The molecule has 0 saturated carbocycles. The van der Waals surface area contributed by atoms with Crippen LogP contribution in [0.25, 0.3) is 5.13 Å². The number of rotatable bonds is 4. The summed E-state index contributed by atoms with van der Waals surface area (Å²) in [7, 11) is 0. The lowest BCUT2D eigenvalue weighted by molar-refractivity contribution is 0.0686. The van der Waals surface area contributed by atoms with Crippen LogP contribution in [0.5, 0.6) is 0 Å². The highest BCUT2D eigenvalue weighted by Crippen LogP contribution is 2.38. The van der Waals surface area contributed by atoms with Gasteiger partial charge in [0.1, 0.15) is 4.60 Å². The molecule has 0 saturated heterocycles. The summed E-state index contributed by atoms with van der Waals surface area (Å²) >= 11 is 9.76. The van der Waals surface area contributed by atoms with Gasteiger partial charge in [0.05, 0.1) is 14.4 Å². The van der Waals surface area contributed by atoms with Crippen LogP contribution in [0.1, 0.15) is 30.0 Å². The van der Waals surface area contributed by atoms with Crippen LogP contribution in [0.3, 0.4) is 0 Å². The summed E-state index contributed by atoms with van der Waals surface area (Å²) < 4.78 is 3.57. The second-order valence-corrected chi connectivity index (χ2v) is 8.57. The summed E-state index contributed by atoms with van der Waals surface area (Å²) in [6.07, 6.45) is 0. The van der Waals surface area contributed by atoms with E-state index in [0.717, 1.165) is 8.81 Å². The number of aryl methyl sites for hydroxylation is 1. The zero-order valence-electron chi connectivity index (χ0n) is 10.8. The van der Waals surface area contributed by atoms with E-state index >= 15 is 0 Å². The zero-order valence-corrected chi connectivity index (χ0v) is 15.7. The Morgan fingerprint density at radius 1 is 1.45 bits per heavy atom. The highest BCUT2D eigenvalue weighted by atomic mass is 79.9. The first-order valence-corrected chi connectivity index (χ1v) is 8.91. The minimum Gasteiger partial charge on any atom is -0.476 e. The van der Waals surface area contributed by atoms with Crippen molar-refractivity contribution in [1.29, 1.82) is 0 Å². The van der Waals surface area contributed by atoms with E-state index in [-0.39, 0.29) is 5.69 Å². The number of thiazole rings is 1. The van der Waals surface area contributed by atoms with Crippen molar-refractivity contribution in [2.24, 2.45) is 0 Å². The van der Waals surface area contributed by atoms with E-state index in [4.69, 9.17) is 0 Å². The highest BCUT2D eigenvalue weighted by molar-refractivity contribution is 9.10. The molecule has 0 fully saturated rings. The summed E-state index contributed by atoms with van der Waals surface area (Å²) in [6, 6.07) is 0. The van der Waals surface area contributed by atoms with Crippen LogP contribution in [0.4, 0.5) is 0 Å². The minimum absolute atomic E-state index is 0.0878. The molecule has 0 radical (unpaired) electrons. The molecular weight excluding hydrogens is 430 g/mol. The molecular formula is C11H11Br2N3O2S2. The largest absolute Gasteiger partial charge is 0.476 e. The lowest BCUT2D eigenvalue weighted by Crippen LogP contribution is -2.08. The van der Waals surface area contributed by atoms with Gasteiger partial charge in [0, 0.05) is 5.25 Å². The molecule has 0 amide bonds. The van der Waals surface area contributed by atoms with Crippen LogP contribution in [0.15, 0.2) is 13.3 Å². The first-order chi connectivity index (χ1) is 9.31. The average molecular weight is 441 g/mol. The summed E-state index contributed by atoms with van der Waals surface area (Å²) in [4.78, 5) is 15.7. The Morgan fingerprint density at radius 3 is 2.65 bits per heavy atom. The van der Waals surface area contributed by atoms with E-state index in [1.165, 1.54) is 16.0 Å². The predicted octanol–water partition coefficient (Wildman–Crippen LogP) is 4.36. The quantitative estimate of drug-likeness (QED) is 0.715. The number of nitrogens with zero attached hydrogens (tertiary/aromatic N) is 3. The van der Waals surface area contributed by atoms with Gasteiger partial charge in [-0.25, -0.2) is 9.78 Å². The van der Waals surface area contributed by atoms with Gasteiger partial charge in [-0.3, -0.25) is 0 Å². The maximum atomic E-state index is 11.4. The lowest BCUT2D eigenvalue weighted by Gasteiger charge is -2.00. The van der Waals surface area contributed by atoms with E-state index in [0.29, 0.717) is 20.5 Å². The van der Waals surface area contributed by atoms with Crippen LogP contribution < -0.4 is 0 Å². The molecule has 0 spiro atoms. The summed E-state index contributed by atoms with van der Waals surface area (Å²) in [5, 5.41) is 14.5. The number of aromatic nitrogens is 3. The van der Waals surface area contributed by atoms with Gasteiger partial charge in [-0.05, 0) is 38.8 Å². The number of thioether (sulfide) groups is 1. The third-order valence-electron chi connectivity index (χ3n) is 2.26. The van der Waals surface area contributed by atoms with Crippen LogP contribution in [0, 0.1) is 6.92 Å². The third kappa shape index (κ3) is 3.10. The molecule has 2 aromatic heterocycles. The molecule has 0 bridgehead atoms. The number of aromatic carboxylic acids is 1. The predicted molar refractivity (Wildman–Crippen MR) is 87.3 cm³/mol. The maximum absolute atomic E-state index is 11.4. The molecule has 2 aromatic rings. The summed E-state index contributed by atoms with van der Waals surface area (Å²) in [5.74, 6) is -1.04. The number of carbonyl (C=O) groups is 1. The number of halogens is 2. The van der Waals surface area contributed by atoms with Crippen molar-refractivity contribution in [1.82, 2.24) is 14.8 Å². The Kier molecular flexibility index (Phi) is 4.93. The van der Waals surface area contributed by atoms with Gasteiger partial charge < -0.3 is 5.11 Å². The number of carboxylic acids is 1. The average Bonchev–Trinajstić information content (AvgIpc) is 2.81. The fraction of sp³-hybridized carbons (Fsp3) is 0.364. The molecule has 1 N–H and O–H groups in total. The van der Waals surface area contributed by atoms with E-state index in [9.17, 15) is 9.90 Å². The molecule has 9 heteroatoms. The van der Waals surface area contributed by atoms with Crippen LogP contribution in [-0.4, -0.2) is 31.1 Å². The second-order valence-electron chi connectivity index (χ2n) is 4.21. The Labute approximate surface area is 141 Å². The molecule has 0 unspecified atom stereocenters. The molecule has 108 valence electrons. The molecule has 0 atom stereocenters. The molecule has 0 aromatic carbocycles. The molecule has 2 rings (SSSR count). The SMILES string of the molecule is Cc1nn(-c2nc(Br)c(SC(C)C)s2)c(C(=O)O)c1Br. The van der Waals surface area contributed by atoms with E-state index < -0.39 is 5.97 Å². The topological polar surface area (TPSA) is 68.0 Å². The van der Waals surface area contributed by atoms with Gasteiger partial charge in [-0.1, -0.05) is 25.2 Å². The summed E-state index contributed by atoms with van der Waals surface area (Å²) in [6.45, 7) is 5.93. The van der Waals surface area contributed by atoms with Crippen molar-refractivity contribution in [3.63, 3.8) is 0 Å². The van der Waals surface area contributed by atoms with Gasteiger partial charge in [-0.15, -0.1) is 11.8 Å². The van der Waals surface area contributed by atoms with E-state index in [1.807, 2.05) is 0 Å². The van der Waals surface area contributed by atoms with Gasteiger partial charge >= 0.3 is 5.97 Å². The van der Waals surface area contributed by atoms with Gasteiger partial charge in [0.2, 0.25) is 5.13 Å². The Morgan fingerprint density at radius 2 is 2.10 bits per heavy atom. The van der Waals surface area contributed by atoms with Crippen LogP contribution in [0.2, 0.25) is 0 Å². The summed E-state index contributed by atoms with van der Waals surface area (Å²) in [5.41, 5.74) is 0.705. The van der Waals surface area contributed by atoms with Crippen LogP contribution in [-0.2, 0) is 0 Å². The van der Waals surface area contributed by atoms with Crippen LogP contribution >= 0.6 is 55.0 Å². The lowest BCUT2D eigenvalue weighted by atomic mass is 10.4. The van der Waals surface area contributed by atoms with Crippen molar-refractivity contribution in [3.05, 3.63) is 20.5 Å². The van der Waals surface area contributed by atoms with Gasteiger partial charge in [-0.2, -0.15) is 9.78 Å². The monoisotopic (exact) mass is 439 g/mol. The standard InChI is InChI=1S/C11H11Br2N3O2S2/c1-4(2)19-10-8(13)14-11(20-10)16-7(9(17)18)6(12)5(3)15-16/h4H,1-3H3,(H,17,18).